The number of alkyl halides is 1. The molecular formula is C13H17BrN2O2. The number of fused-ring (bicyclic) bond motifs is 1. The average Bonchev–Trinajstić information content (AvgIpc) is 2.35. The highest BCUT2D eigenvalue weighted by Crippen LogP contribution is 2.33. The van der Waals surface area contributed by atoms with E-state index in [-0.39, 0.29) is 17.9 Å². The Morgan fingerprint density at radius 2 is 2.28 bits per heavy atom. The van der Waals surface area contributed by atoms with Gasteiger partial charge in [0.2, 0.25) is 0 Å². The van der Waals surface area contributed by atoms with Gasteiger partial charge in [0, 0.05) is 12.0 Å². The molecule has 1 heterocycles. The van der Waals surface area contributed by atoms with Gasteiger partial charge in [0.05, 0.1) is 11.1 Å². The summed E-state index contributed by atoms with van der Waals surface area (Å²) in [6, 6.07) is 5.95. The second-order valence-corrected chi connectivity index (χ2v) is 5.55. The zero-order valence-corrected chi connectivity index (χ0v) is 12.1. The summed E-state index contributed by atoms with van der Waals surface area (Å²) in [5.74, 6) is 0.638. The molecule has 0 unspecified atom stereocenters. The van der Waals surface area contributed by atoms with Crippen molar-refractivity contribution in [3.05, 3.63) is 23.8 Å². The van der Waals surface area contributed by atoms with E-state index in [0.29, 0.717) is 0 Å². The van der Waals surface area contributed by atoms with Gasteiger partial charge in [0.15, 0.2) is 6.61 Å². The standard InChI is InChI=1S/C13H17BrN2O2/c1-13(2,7-15-8-14)9-3-4-11-10(5-9)16-12(17)6-18-11/h3-5,15H,6-8H2,1-2H3,(H,16,17). The summed E-state index contributed by atoms with van der Waals surface area (Å²) in [7, 11) is 0. The third kappa shape index (κ3) is 2.84. The van der Waals surface area contributed by atoms with Crippen LogP contribution in [0.15, 0.2) is 18.2 Å². The number of carbonyl (C=O) groups is 1. The fourth-order valence-electron chi connectivity index (χ4n) is 1.97. The molecule has 1 aromatic rings. The van der Waals surface area contributed by atoms with Gasteiger partial charge < -0.3 is 15.4 Å². The molecule has 2 rings (SSSR count). The van der Waals surface area contributed by atoms with Crippen molar-refractivity contribution in [2.24, 2.45) is 0 Å². The van der Waals surface area contributed by atoms with E-state index in [0.717, 1.165) is 23.4 Å². The Bertz CT molecular complexity index is 460. The Hall–Kier alpha value is -1.07. The molecule has 0 saturated carbocycles. The minimum absolute atomic E-state index is 0.00895. The van der Waals surface area contributed by atoms with Crippen molar-refractivity contribution < 1.29 is 9.53 Å². The fourth-order valence-corrected chi connectivity index (χ4v) is 2.16. The maximum atomic E-state index is 11.3. The summed E-state index contributed by atoms with van der Waals surface area (Å²) in [5, 5.41) is 6.11. The van der Waals surface area contributed by atoms with Crippen LogP contribution in [-0.4, -0.2) is 24.5 Å². The van der Waals surface area contributed by atoms with Crippen LogP contribution >= 0.6 is 15.9 Å². The van der Waals surface area contributed by atoms with E-state index in [9.17, 15) is 4.79 Å². The first kappa shape index (κ1) is 13.4. The Labute approximate surface area is 115 Å². The molecule has 0 aromatic heterocycles. The fraction of sp³-hybridized carbons (Fsp3) is 0.462. The molecule has 1 aliphatic rings. The second kappa shape index (κ2) is 5.28. The Morgan fingerprint density at radius 1 is 1.50 bits per heavy atom. The van der Waals surface area contributed by atoms with Crippen molar-refractivity contribution in [3.63, 3.8) is 0 Å². The van der Waals surface area contributed by atoms with Crippen LogP contribution < -0.4 is 15.4 Å². The molecule has 5 heteroatoms. The molecule has 1 aliphatic heterocycles. The number of carbonyl (C=O) groups excluding carboxylic acids is 1. The number of hydrogen-bond donors (Lipinski definition) is 2. The topological polar surface area (TPSA) is 50.4 Å². The van der Waals surface area contributed by atoms with E-state index in [4.69, 9.17) is 4.74 Å². The summed E-state index contributed by atoms with van der Waals surface area (Å²) >= 11 is 3.35. The number of anilines is 1. The van der Waals surface area contributed by atoms with Crippen LogP contribution in [0.2, 0.25) is 0 Å². The third-order valence-electron chi connectivity index (χ3n) is 3.06. The predicted octanol–water partition coefficient (Wildman–Crippen LogP) is 2.24. The van der Waals surface area contributed by atoms with Gasteiger partial charge >= 0.3 is 0 Å². The lowest BCUT2D eigenvalue weighted by molar-refractivity contribution is -0.118. The van der Waals surface area contributed by atoms with Crippen molar-refractivity contribution in [3.8, 4) is 5.75 Å². The quantitative estimate of drug-likeness (QED) is 0.662. The van der Waals surface area contributed by atoms with E-state index >= 15 is 0 Å². The van der Waals surface area contributed by atoms with E-state index < -0.39 is 0 Å². The molecule has 1 aromatic carbocycles. The van der Waals surface area contributed by atoms with Gasteiger partial charge in [-0.05, 0) is 17.7 Å². The first-order valence-electron chi connectivity index (χ1n) is 5.87. The number of benzene rings is 1. The van der Waals surface area contributed by atoms with Crippen LogP contribution in [-0.2, 0) is 10.2 Å². The Balaban J connectivity index is 2.24. The van der Waals surface area contributed by atoms with Crippen LogP contribution in [0.5, 0.6) is 5.75 Å². The van der Waals surface area contributed by atoms with Crippen molar-refractivity contribution in [1.82, 2.24) is 5.32 Å². The first-order valence-corrected chi connectivity index (χ1v) is 6.99. The lowest BCUT2D eigenvalue weighted by atomic mass is 9.84. The molecule has 0 atom stereocenters. The summed E-state index contributed by atoms with van der Waals surface area (Å²) in [4.78, 5) is 11.3. The zero-order chi connectivity index (χ0) is 13.2. The molecule has 0 radical (unpaired) electrons. The normalized spacial score (nSPS) is 14.7. The third-order valence-corrected chi connectivity index (χ3v) is 3.45. The van der Waals surface area contributed by atoms with Crippen LogP contribution in [0.3, 0.4) is 0 Å². The van der Waals surface area contributed by atoms with Crippen LogP contribution in [0.4, 0.5) is 5.69 Å². The van der Waals surface area contributed by atoms with E-state index in [2.05, 4.69) is 40.4 Å². The number of amides is 1. The molecule has 18 heavy (non-hydrogen) atoms. The van der Waals surface area contributed by atoms with Crippen molar-refractivity contribution in [1.29, 1.82) is 0 Å². The van der Waals surface area contributed by atoms with Gasteiger partial charge in [-0.3, -0.25) is 4.79 Å². The predicted molar refractivity (Wildman–Crippen MR) is 75.4 cm³/mol. The zero-order valence-electron chi connectivity index (χ0n) is 10.5. The monoisotopic (exact) mass is 312 g/mol. The maximum Gasteiger partial charge on any atom is 0.262 e. The first-order chi connectivity index (χ1) is 8.53. The molecule has 2 N–H and O–H groups in total. The average molecular weight is 313 g/mol. The Kier molecular flexibility index (Phi) is 3.92. The van der Waals surface area contributed by atoms with Gasteiger partial charge in [0.1, 0.15) is 5.75 Å². The molecule has 0 spiro atoms. The summed E-state index contributed by atoms with van der Waals surface area (Å²) in [5.41, 5.74) is 2.68. The molecular weight excluding hydrogens is 296 g/mol. The largest absolute Gasteiger partial charge is 0.482 e. The SMILES string of the molecule is CC(C)(CNCBr)c1ccc2c(c1)NC(=O)CO2. The van der Waals surface area contributed by atoms with Gasteiger partial charge in [-0.1, -0.05) is 35.8 Å². The van der Waals surface area contributed by atoms with Gasteiger partial charge in [0.25, 0.3) is 5.91 Å². The second-order valence-electron chi connectivity index (χ2n) is 4.99. The van der Waals surface area contributed by atoms with Crippen molar-refractivity contribution >= 4 is 27.5 Å². The number of rotatable bonds is 4. The van der Waals surface area contributed by atoms with Crippen LogP contribution in [0.25, 0.3) is 0 Å². The smallest absolute Gasteiger partial charge is 0.262 e. The van der Waals surface area contributed by atoms with E-state index in [1.165, 1.54) is 5.56 Å². The molecule has 98 valence electrons. The molecule has 0 saturated heterocycles. The van der Waals surface area contributed by atoms with E-state index in [1.807, 2.05) is 18.2 Å². The molecule has 0 fully saturated rings. The van der Waals surface area contributed by atoms with Crippen LogP contribution in [0, 0.1) is 0 Å². The lowest BCUT2D eigenvalue weighted by Crippen LogP contribution is -2.32. The van der Waals surface area contributed by atoms with Crippen molar-refractivity contribution in [2.45, 2.75) is 19.3 Å². The number of hydrogen-bond acceptors (Lipinski definition) is 3. The summed E-state index contributed by atoms with van der Waals surface area (Å²) in [6.07, 6.45) is 0. The highest BCUT2D eigenvalue weighted by Gasteiger charge is 2.23. The van der Waals surface area contributed by atoms with Crippen molar-refractivity contribution in [2.75, 3.05) is 23.9 Å². The van der Waals surface area contributed by atoms with Gasteiger partial charge in [-0.15, -0.1) is 0 Å². The molecule has 0 bridgehead atoms. The number of nitrogens with one attached hydrogen (secondary N) is 2. The van der Waals surface area contributed by atoms with Gasteiger partial charge in [-0.2, -0.15) is 0 Å². The molecule has 4 nitrogen and oxygen atoms in total. The maximum absolute atomic E-state index is 11.3. The van der Waals surface area contributed by atoms with Gasteiger partial charge in [-0.25, -0.2) is 0 Å². The minimum atomic E-state index is -0.101. The summed E-state index contributed by atoms with van der Waals surface area (Å²) in [6.45, 7) is 5.28. The lowest BCUT2D eigenvalue weighted by Gasteiger charge is -2.27. The minimum Gasteiger partial charge on any atom is -0.482 e. The molecule has 0 aliphatic carbocycles. The van der Waals surface area contributed by atoms with Crippen LogP contribution in [0.1, 0.15) is 19.4 Å². The molecule has 1 amide bonds. The Morgan fingerprint density at radius 3 is 3.00 bits per heavy atom. The number of ether oxygens (including phenoxy) is 1. The number of halogens is 1. The van der Waals surface area contributed by atoms with E-state index in [1.54, 1.807) is 0 Å². The highest BCUT2D eigenvalue weighted by molar-refractivity contribution is 9.09. The highest BCUT2D eigenvalue weighted by atomic mass is 79.9. The summed E-state index contributed by atoms with van der Waals surface area (Å²) < 4.78 is 5.35.